The Bertz CT molecular complexity index is 1420. The third-order valence-corrected chi connectivity index (χ3v) is 7.12. The predicted molar refractivity (Wildman–Crippen MR) is 137 cm³/mol. The molecular formula is C26H30FN7O3. The van der Waals surface area contributed by atoms with Crippen molar-refractivity contribution in [1.29, 1.82) is 0 Å². The number of nitrogens with one attached hydrogen (secondary N) is 1. The molecule has 3 aliphatic rings. The van der Waals surface area contributed by atoms with Crippen molar-refractivity contribution in [3.63, 3.8) is 0 Å². The molecule has 194 valence electrons. The molecular weight excluding hydrogens is 477 g/mol. The molecule has 0 bridgehead atoms. The number of aryl methyl sites for hydroxylation is 1. The number of urea groups is 1. The first-order valence-electron chi connectivity index (χ1n) is 12.4. The predicted octanol–water partition coefficient (Wildman–Crippen LogP) is 3.76. The van der Waals surface area contributed by atoms with E-state index in [0.717, 1.165) is 24.3 Å². The van der Waals surface area contributed by atoms with Crippen molar-refractivity contribution in [2.75, 3.05) is 47.8 Å². The van der Waals surface area contributed by atoms with Crippen LogP contribution in [0.15, 0.2) is 30.6 Å². The first-order valence-corrected chi connectivity index (χ1v) is 12.4. The molecule has 2 fully saturated rings. The SMILES string of the molecule is Cn1cc2cc(NC(=O)N3CCc4c(N5CC6(CN(C(=O)OC(C)(C)C)C6)C5)ccnc43)cc(F)c2n1. The minimum Gasteiger partial charge on any atom is -0.444 e. The Hall–Kier alpha value is -3.89. The molecule has 10 nitrogen and oxygen atoms in total. The van der Waals surface area contributed by atoms with Crippen molar-refractivity contribution in [1.82, 2.24) is 19.7 Å². The van der Waals surface area contributed by atoms with Gasteiger partial charge >= 0.3 is 12.1 Å². The monoisotopic (exact) mass is 507 g/mol. The Morgan fingerprint density at radius 2 is 1.92 bits per heavy atom. The van der Waals surface area contributed by atoms with E-state index in [-0.39, 0.29) is 23.1 Å². The van der Waals surface area contributed by atoms with Crippen LogP contribution < -0.4 is 15.1 Å². The van der Waals surface area contributed by atoms with Crippen LogP contribution in [-0.4, -0.2) is 70.1 Å². The van der Waals surface area contributed by atoms with Gasteiger partial charge in [-0.2, -0.15) is 5.10 Å². The maximum Gasteiger partial charge on any atom is 0.410 e. The number of carbonyl (C=O) groups excluding carboxylic acids is 2. The number of benzene rings is 1. The topological polar surface area (TPSA) is 95.8 Å². The number of nitrogens with zero attached hydrogens (tertiary/aromatic N) is 6. The first-order chi connectivity index (χ1) is 17.5. The summed E-state index contributed by atoms with van der Waals surface area (Å²) < 4.78 is 21.5. The zero-order valence-electron chi connectivity index (χ0n) is 21.4. The summed E-state index contributed by atoms with van der Waals surface area (Å²) in [6.45, 7) is 9.19. The molecule has 1 aromatic carbocycles. The number of ether oxygens (including phenoxy) is 1. The zero-order chi connectivity index (χ0) is 26.1. The van der Waals surface area contributed by atoms with E-state index in [0.29, 0.717) is 42.9 Å². The third kappa shape index (κ3) is 4.11. The fourth-order valence-electron chi connectivity index (χ4n) is 5.60. The summed E-state index contributed by atoms with van der Waals surface area (Å²) in [5.41, 5.74) is 2.34. The van der Waals surface area contributed by atoms with E-state index in [4.69, 9.17) is 4.74 Å². The van der Waals surface area contributed by atoms with Gasteiger partial charge in [0.25, 0.3) is 0 Å². The number of halogens is 1. The molecule has 2 aromatic heterocycles. The summed E-state index contributed by atoms with van der Waals surface area (Å²) in [4.78, 5) is 35.6. The molecule has 0 atom stereocenters. The van der Waals surface area contributed by atoms with Gasteiger partial charge in [0.2, 0.25) is 0 Å². The third-order valence-electron chi connectivity index (χ3n) is 7.12. The summed E-state index contributed by atoms with van der Waals surface area (Å²) >= 11 is 0. The van der Waals surface area contributed by atoms with E-state index in [1.807, 2.05) is 26.8 Å². The van der Waals surface area contributed by atoms with Gasteiger partial charge in [0, 0.05) is 79.9 Å². The number of hydrogen-bond acceptors (Lipinski definition) is 6. The zero-order valence-corrected chi connectivity index (χ0v) is 21.4. The lowest BCUT2D eigenvalue weighted by Gasteiger charge is -2.60. The van der Waals surface area contributed by atoms with Gasteiger partial charge < -0.3 is 19.9 Å². The van der Waals surface area contributed by atoms with Gasteiger partial charge in [0.05, 0.1) is 0 Å². The Balaban J connectivity index is 1.12. The van der Waals surface area contributed by atoms with E-state index in [1.165, 1.54) is 6.07 Å². The quantitative estimate of drug-likeness (QED) is 0.568. The molecule has 5 heterocycles. The highest BCUT2D eigenvalue weighted by molar-refractivity contribution is 6.04. The van der Waals surface area contributed by atoms with E-state index < -0.39 is 11.4 Å². The maximum atomic E-state index is 14.5. The van der Waals surface area contributed by atoms with Crippen LogP contribution in [0.2, 0.25) is 0 Å². The Kier molecular flexibility index (Phi) is 5.12. The van der Waals surface area contributed by atoms with Crippen LogP contribution in [0.5, 0.6) is 0 Å². The fraction of sp³-hybridized carbons (Fsp3) is 0.462. The summed E-state index contributed by atoms with van der Waals surface area (Å²) in [5.74, 6) is 0.145. The van der Waals surface area contributed by atoms with Gasteiger partial charge in [0.1, 0.15) is 16.9 Å². The standard InChI is InChI=1S/C26H30FN7O3/c1-25(2,3)37-24(36)33-14-26(15-33)12-32(13-26)20-5-7-28-22-18(20)6-8-34(22)23(35)29-17-9-16-11-31(4)30-21(16)19(27)10-17/h5,7,9-11H,6,8,12-15H2,1-4H3,(H,29,35). The summed E-state index contributed by atoms with van der Waals surface area (Å²) in [5, 5.41) is 7.54. The molecule has 37 heavy (non-hydrogen) atoms. The second kappa shape index (κ2) is 8.06. The highest BCUT2D eigenvalue weighted by Crippen LogP contribution is 2.45. The average molecular weight is 508 g/mol. The van der Waals surface area contributed by atoms with Gasteiger partial charge in [0.15, 0.2) is 5.82 Å². The second-order valence-electron chi connectivity index (χ2n) is 11.4. The number of aromatic nitrogens is 3. The largest absolute Gasteiger partial charge is 0.444 e. The molecule has 3 aliphatic heterocycles. The number of fused-ring (bicyclic) bond motifs is 2. The highest BCUT2D eigenvalue weighted by atomic mass is 19.1. The number of pyridine rings is 1. The van der Waals surface area contributed by atoms with Crippen LogP contribution in [0.1, 0.15) is 26.3 Å². The molecule has 3 aromatic rings. The molecule has 11 heteroatoms. The van der Waals surface area contributed by atoms with E-state index >= 15 is 0 Å². The van der Waals surface area contributed by atoms with Crippen molar-refractivity contribution in [3.8, 4) is 0 Å². The molecule has 6 rings (SSSR count). The summed E-state index contributed by atoms with van der Waals surface area (Å²) in [7, 11) is 1.73. The van der Waals surface area contributed by atoms with Crippen molar-refractivity contribution in [2.45, 2.75) is 32.8 Å². The van der Waals surface area contributed by atoms with Crippen LogP contribution in [0.25, 0.3) is 10.9 Å². The Morgan fingerprint density at radius 3 is 2.65 bits per heavy atom. The van der Waals surface area contributed by atoms with E-state index in [2.05, 4.69) is 20.3 Å². The first kappa shape index (κ1) is 23.5. The number of amides is 3. The molecule has 0 radical (unpaired) electrons. The van der Waals surface area contributed by atoms with Gasteiger partial charge in [-0.25, -0.2) is 19.0 Å². The van der Waals surface area contributed by atoms with Gasteiger partial charge in [-0.15, -0.1) is 0 Å². The lowest BCUT2D eigenvalue weighted by atomic mass is 9.72. The van der Waals surface area contributed by atoms with Crippen LogP contribution in [0, 0.1) is 11.2 Å². The number of likely N-dealkylation sites (tertiary alicyclic amines) is 1. The lowest BCUT2D eigenvalue weighted by molar-refractivity contribution is -0.0453. The Morgan fingerprint density at radius 1 is 1.16 bits per heavy atom. The van der Waals surface area contributed by atoms with E-state index in [1.54, 1.807) is 40.0 Å². The molecule has 2 saturated heterocycles. The highest BCUT2D eigenvalue weighted by Gasteiger charge is 2.54. The number of hydrogen-bond donors (Lipinski definition) is 1. The molecule has 1 spiro atoms. The maximum absolute atomic E-state index is 14.5. The Labute approximate surface area is 214 Å². The number of rotatable bonds is 2. The average Bonchev–Trinajstić information content (AvgIpc) is 3.34. The van der Waals surface area contributed by atoms with Crippen molar-refractivity contribution < 1.29 is 18.7 Å². The van der Waals surface area contributed by atoms with Crippen LogP contribution in [0.3, 0.4) is 0 Å². The van der Waals surface area contributed by atoms with Crippen LogP contribution in [-0.2, 0) is 18.2 Å². The normalized spacial score (nSPS) is 18.0. The van der Waals surface area contributed by atoms with Gasteiger partial charge in [-0.1, -0.05) is 0 Å². The number of carbonyl (C=O) groups is 2. The van der Waals surface area contributed by atoms with Crippen molar-refractivity contribution in [3.05, 3.63) is 42.0 Å². The lowest BCUT2D eigenvalue weighted by Crippen LogP contribution is -2.73. The number of anilines is 3. The van der Waals surface area contributed by atoms with Crippen LogP contribution in [0.4, 0.5) is 31.2 Å². The van der Waals surface area contributed by atoms with Gasteiger partial charge in [-0.05, 0) is 45.4 Å². The molecule has 0 saturated carbocycles. The fourth-order valence-corrected chi connectivity index (χ4v) is 5.60. The summed E-state index contributed by atoms with van der Waals surface area (Å²) in [6, 6.07) is 4.64. The van der Waals surface area contributed by atoms with Crippen molar-refractivity contribution in [2.24, 2.45) is 12.5 Å². The van der Waals surface area contributed by atoms with Crippen LogP contribution >= 0.6 is 0 Å². The van der Waals surface area contributed by atoms with Gasteiger partial charge in [-0.3, -0.25) is 9.58 Å². The molecule has 0 unspecified atom stereocenters. The molecule has 1 N–H and O–H groups in total. The second-order valence-corrected chi connectivity index (χ2v) is 11.4. The van der Waals surface area contributed by atoms with E-state index in [9.17, 15) is 14.0 Å². The minimum absolute atomic E-state index is 0.0950. The minimum atomic E-state index is -0.499. The summed E-state index contributed by atoms with van der Waals surface area (Å²) in [6.07, 6.45) is 3.86. The van der Waals surface area contributed by atoms with Crippen molar-refractivity contribution >= 4 is 40.2 Å². The smallest absolute Gasteiger partial charge is 0.410 e. The molecule has 0 aliphatic carbocycles. The molecule has 3 amide bonds.